The quantitative estimate of drug-likeness (QED) is 0.663. The molecule has 0 bridgehead atoms. The maximum absolute atomic E-state index is 12.3. The summed E-state index contributed by atoms with van der Waals surface area (Å²) in [6.07, 6.45) is 3.78. The number of nitrogens with zero attached hydrogens (tertiary/aromatic N) is 5. The van der Waals surface area contributed by atoms with Crippen LogP contribution < -0.4 is 10.2 Å². The van der Waals surface area contributed by atoms with Crippen LogP contribution >= 0.6 is 11.8 Å². The Balaban J connectivity index is 1.58. The predicted molar refractivity (Wildman–Crippen MR) is 99.2 cm³/mol. The summed E-state index contributed by atoms with van der Waals surface area (Å²) in [6.45, 7) is 5.68. The lowest BCUT2D eigenvalue weighted by Gasteiger charge is -2.33. The van der Waals surface area contributed by atoms with Crippen LogP contribution in [0.3, 0.4) is 0 Å². The van der Waals surface area contributed by atoms with Gasteiger partial charge in [0.15, 0.2) is 5.16 Å². The van der Waals surface area contributed by atoms with Gasteiger partial charge in [0.1, 0.15) is 11.5 Å². The molecule has 0 aliphatic carbocycles. The molecular weight excluding hydrogens is 336 g/mol. The number of carbonyl (C=O) groups is 1. The molecule has 2 aromatic heterocycles. The second kappa shape index (κ2) is 7.43. The fourth-order valence-electron chi connectivity index (χ4n) is 2.96. The number of amides is 1. The minimum atomic E-state index is -0.0929. The van der Waals surface area contributed by atoms with E-state index in [0.717, 1.165) is 48.3 Å². The van der Waals surface area contributed by atoms with E-state index in [-0.39, 0.29) is 11.9 Å². The third-order valence-electron chi connectivity index (χ3n) is 4.50. The summed E-state index contributed by atoms with van der Waals surface area (Å²) in [6, 6.07) is 4.02. The molecule has 1 aliphatic rings. The first-order valence-corrected chi connectivity index (χ1v) is 9.65. The molecule has 7 nitrogen and oxygen atoms in total. The first kappa shape index (κ1) is 17.7. The van der Waals surface area contributed by atoms with Gasteiger partial charge in [-0.05, 0) is 39.0 Å². The highest BCUT2D eigenvalue weighted by molar-refractivity contribution is 7.98. The third-order valence-corrected chi connectivity index (χ3v) is 5.05. The molecular formula is C17H24N6OS. The third kappa shape index (κ3) is 4.12. The first-order valence-electron chi connectivity index (χ1n) is 8.42. The second-order valence-corrected chi connectivity index (χ2v) is 7.16. The van der Waals surface area contributed by atoms with Crippen LogP contribution in [0.1, 0.15) is 34.7 Å². The molecule has 0 unspecified atom stereocenters. The number of piperidine rings is 1. The first-order chi connectivity index (χ1) is 12.0. The van der Waals surface area contributed by atoms with Crippen LogP contribution in [0.15, 0.2) is 17.3 Å². The van der Waals surface area contributed by atoms with Gasteiger partial charge in [-0.15, -0.1) is 0 Å². The lowest BCUT2D eigenvalue weighted by atomic mass is 10.0. The van der Waals surface area contributed by atoms with Crippen LogP contribution in [0.2, 0.25) is 0 Å². The van der Waals surface area contributed by atoms with Gasteiger partial charge in [-0.2, -0.15) is 5.10 Å². The molecule has 1 saturated heterocycles. The van der Waals surface area contributed by atoms with E-state index >= 15 is 0 Å². The number of hydrogen-bond acceptors (Lipinski definition) is 6. The summed E-state index contributed by atoms with van der Waals surface area (Å²) < 4.78 is 1.72. The van der Waals surface area contributed by atoms with E-state index in [0.29, 0.717) is 5.69 Å². The molecule has 1 fully saturated rings. The van der Waals surface area contributed by atoms with E-state index in [9.17, 15) is 4.79 Å². The minimum absolute atomic E-state index is 0.0929. The van der Waals surface area contributed by atoms with Crippen LogP contribution in [0.5, 0.6) is 0 Å². The summed E-state index contributed by atoms with van der Waals surface area (Å²) in [5.74, 6) is 0.881. The lowest BCUT2D eigenvalue weighted by Crippen LogP contribution is -2.45. The van der Waals surface area contributed by atoms with Crippen molar-refractivity contribution in [1.82, 2.24) is 25.1 Å². The van der Waals surface area contributed by atoms with E-state index in [2.05, 4.69) is 25.3 Å². The maximum Gasteiger partial charge on any atom is 0.272 e. The van der Waals surface area contributed by atoms with Gasteiger partial charge in [0.25, 0.3) is 5.91 Å². The smallest absolute Gasteiger partial charge is 0.272 e. The Hall–Kier alpha value is -2.09. The fraction of sp³-hybridized carbons (Fsp3) is 0.529. The predicted octanol–water partition coefficient (Wildman–Crippen LogP) is 1.95. The van der Waals surface area contributed by atoms with Crippen molar-refractivity contribution in [2.75, 3.05) is 24.2 Å². The van der Waals surface area contributed by atoms with Crippen molar-refractivity contribution >= 4 is 23.5 Å². The molecule has 8 heteroatoms. The van der Waals surface area contributed by atoms with E-state index in [1.165, 1.54) is 0 Å². The molecule has 1 amide bonds. The molecule has 0 radical (unpaired) electrons. The van der Waals surface area contributed by atoms with Crippen LogP contribution in [0, 0.1) is 13.8 Å². The van der Waals surface area contributed by atoms with Gasteiger partial charge >= 0.3 is 0 Å². The van der Waals surface area contributed by atoms with Gasteiger partial charge in [-0.25, -0.2) is 9.97 Å². The maximum atomic E-state index is 12.3. The van der Waals surface area contributed by atoms with Gasteiger partial charge in [0.2, 0.25) is 0 Å². The van der Waals surface area contributed by atoms with Crippen LogP contribution in [-0.2, 0) is 7.05 Å². The highest BCUT2D eigenvalue weighted by Gasteiger charge is 2.23. The van der Waals surface area contributed by atoms with Crippen molar-refractivity contribution in [2.24, 2.45) is 7.05 Å². The molecule has 1 N–H and O–H groups in total. The molecule has 3 heterocycles. The normalized spacial score (nSPS) is 15.4. The molecule has 25 heavy (non-hydrogen) atoms. The summed E-state index contributed by atoms with van der Waals surface area (Å²) in [4.78, 5) is 23.6. The van der Waals surface area contributed by atoms with Gasteiger partial charge < -0.3 is 10.2 Å². The zero-order chi connectivity index (χ0) is 18.0. The summed E-state index contributed by atoms with van der Waals surface area (Å²) in [7, 11) is 1.84. The minimum Gasteiger partial charge on any atom is -0.356 e. The topological polar surface area (TPSA) is 75.9 Å². The number of carbonyl (C=O) groups excluding carboxylic acids is 1. The number of hydrogen-bond donors (Lipinski definition) is 1. The molecule has 134 valence electrons. The average molecular weight is 360 g/mol. The van der Waals surface area contributed by atoms with Gasteiger partial charge in [0, 0.05) is 43.6 Å². The van der Waals surface area contributed by atoms with Crippen molar-refractivity contribution in [2.45, 2.75) is 37.9 Å². The molecule has 2 aromatic rings. The van der Waals surface area contributed by atoms with E-state index in [4.69, 9.17) is 0 Å². The van der Waals surface area contributed by atoms with E-state index in [1.54, 1.807) is 16.4 Å². The summed E-state index contributed by atoms with van der Waals surface area (Å²) >= 11 is 1.56. The van der Waals surface area contributed by atoms with E-state index < -0.39 is 0 Å². The summed E-state index contributed by atoms with van der Waals surface area (Å²) in [5.41, 5.74) is 2.44. The monoisotopic (exact) mass is 360 g/mol. The van der Waals surface area contributed by atoms with Gasteiger partial charge in [-0.3, -0.25) is 9.48 Å². The number of nitrogens with one attached hydrogen (secondary N) is 1. The van der Waals surface area contributed by atoms with Gasteiger partial charge in [0.05, 0.1) is 0 Å². The largest absolute Gasteiger partial charge is 0.356 e. The number of aryl methyl sites for hydroxylation is 3. The molecule has 0 atom stereocenters. The number of aromatic nitrogens is 4. The average Bonchev–Trinajstić information content (AvgIpc) is 2.94. The van der Waals surface area contributed by atoms with Gasteiger partial charge in [-0.1, -0.05) is 11.8 Å². The highest BCUT2D eigenvalue weighted by Crippen LogP contribution is 2.21. The highest BCUT2D eigenvalue weighted by atomic mass is 32.2. The summed E-state index contributed by atoms with van der Waals surface area (Å²) in [5, 5.41) is 8.15. The van der Waals surface area contributed by atoms with Crippen molar-refractivity contribution in [3.8, 4) is 0 Å². The SMILES string of the molecule is CSc1nc(C)cc(N2CCC(NC(=O)c3cc(C)n(C)n3)CC2)n1. The Kier molecular flexibility index (Phi) is 5.27. The lowest BCUT2D eigenvalue weighted by molar-refractivity contribution is 0.0925. The Labute approximate surface area is 152 Å². The van der Waals surface area contributed by atoms with Crippen molar-refractivity contribution in [3.05, 3.63) is 29.2 Å². The number of rotatable bonds is 4. The fourth-order valence-corrected chi connectivity index (χ4v) is 3.38. The molecule has 3 rings (SSSR count). The van der Waals surface area contributed by atoms with E-state index in [1.807, 2.05) is 39.3 Å². The van der Waals surface area contributed by atoms with Crippen LogP contribution in [0.25, 0.3) is 0 Å². The van der Waals surface area contributed by atoms with Crippen molar-refractivity contribution in [1.29, 1.82) is 0 Å². The second-order valence-electron chi connectivity index (χ2n) is 6.38. The van der Waals surface area contributed by atoms with Crippen molar-refractivity contribution in [3.63, 3.8) is 0 Å². The zero-order valence-electron chi connectivity index (χ0n) is 15.1. The molecule has 1 aliphatic heterocycles. The Morgan fingerprint density at radius 1 is 1.24 bits per heavy atom. The number of thioether (sulfide) groups is 1. The van der Waals surface area contributed by atoms with Crippen LogP contribution in [-0.4, -0.2) is 51.0 Å². The van der Waals surface area contributed by atoms with Crippen molar-refractivity contribution < 1.29 is 4.79 Å². The standard InChI is InChI=1S/C17H24N6OS/c1-11-9-15(20-17(18-11)25-4)23-7-5-13(6-8-23)19-16(24)14-10-12(2)22(3)21-14/h9-10,13H,5-8H2,1-4H3,(H,19,24). The zero-order valence-corrected chi connectivity index (χ0v) is 15.9. The molecule has 0 spiro atoms. The Morgan fingerprint density at radius 2 is 1.96 bits per heavy atom. The Morgan fingerprint density at radius 3 is 2.56 bits per heavy atom. The Bertz CT molecular complexity index is 747. The molecule has 0 saturated carbocycles. The number of anilines is 1. The molecule has 0 aromatic carbocycles. The van der Waals surface area contributed by atoms with Crippen LogP contribution in [0.4, 0.5) is 5.82 Å².